The summed E-state index contributed by atoms with van der Waals surface area (Å²) in [5.41, 5.74) is -0.437. The van der Waals surface area contributed by atoms with E-state index in [9.17, 15) is 9.90 Å². The first-order valence-corrected chi connectivity index (χ1v) is 11.7. The van der Waals surface area contributed by atoms with Crippen molar-refractivity contribution in [2.75, 3.05) is 26.8 Å². The van der Waals surface area contributed by atoms with Crippen LogP contribution in [0.1, 0.15) is 55.6 Å². The number of hydrogen-bond acceptors (Lipinski definition) is 6. The highest BCUT2D eigenvalue weighted by Gasteiger charge is 2.38. The highest BCUT2D eigenvalue weighted by atomic mass is 32.1. The number of hydrogen-bond donors (Lipinski definition) is 1. The summed E-state index contributed by atoms with van der Waals surface area (Å²) in [6, 6.07) is 7.53. The largest absolute Gasteiger partial charge is 0.497 e. The molecule has 0 unspecified atom stereocenters. The van der Waals surface area contributed by atoms with E-state index in [4.69, 9.17) is 14.5 Å². The molecule has 1 aromatic heterocycles. The number of nitrogens with zero attached hydrogens (tertiary/aromatic N) is 2. The second-order valence-electron chi connectivity index (χ2n) is 9.23. The number of aliphatic hydroxyl groups is 1. The van der Waals surface area contributed by atoms with E-state index >= 15 is 0 Å². The van der Waals surface area contributed by atoms with Crippen molar-refractivity contribution in [1.82, 2.24) is 9.88 Å². The Morgan fingerprint density at radius 3 is 2.52 bits per heavy atom. The van der Waals surface area contributed by atoms with Gasteiger partial charge in [-0.1, -0.05) is 20.8 Å². The normalized spacial score (nSPS) is 19.7. The van der Waals surface area contributed by atoms with Crippen molar-refractivity contribution in [3.05, 3.63) is 39.8 Å². The van der Waals surface area contributed by atoms with E-state index in [1.165, 1.54) is 0 Å². The van der Waals surface area contributed by atoms with Crippen LogP contribution < -0.4 is 9.47 Å². The Bertz CT molecular complexity index is 888. The number of aryl methyl sites for hydroxylation is 1. The van der Waals surface area contributed by atoms with Gasteiger partial charge in [0.25, 0.3) is 0 Å². The standard InChI is InChI=1S/C24H34N2O4S/c1-17-20(11-16-30-19-9-7-18(29-5)8-10-19)31-21(25-17)24(28)12-6-14-26(15-13-24)22(27)23(2,3)4/h7-10,28H,6,11-16H2,1-5H3/t24-/m1/s1. The van der Waals surface area contributed by atoms with E-state index in [-0.39, 0.29) is 5.91 Å². The van der Waals surface area contributed by atoms with E-state index in [2.05, 4.69) is 0 Å². The van der Waals surface area contributed by atoms with Gasteiger partial charge >= 0.3 is 0 Å². The van der Waals surface area contributed by atoms with Gasteiger partial charge in [0.15, 0.2) is 0 Å². The highest BCUT2D eigenvalue weighted by molar-refractivity contribution is 7.11. The van der Waals surface area contributed by atoms with Gasteiger partial charge in [0.2, 0.25) is 5.91 Å². The number of thiazole rings is 1. The summed E-state index contributed by atoms with van der Waals surface area (Å²) in [5, 5.41) is 12.1. The predicted molar refractivity (Wildman–Crippen MR) is 123 cm³/mol. The van der Waals surface area contributed by atoms with Crippen molar-refractivity contribution >= 4 is 17.2 Å². The molecular formula is C24H34N2O4S. The quantitative estimate of drug-likeness (QED) is 0.715. The average molecular weight is 447 g/mol. The van der Waals surface area contributed by atoms with Crippen molar-refractivity contribution in [3.63, 3.8) is 0 Å². The van der Waals surface area contributed by atoms with Crippen molar-refractivity contribution < 1.29 is 19.4 Å². The number of likely N-dealkylation sites (tertiary alicyclic amines) is 1. The van der Waals surface area contributed by atoms with Crippen LogP contribution in [0.5, 0.6) is 11.5 Å². The third-order valence-corrected chi connectivity index (χ3v) is 7.10. The van der Waals surface area contributed by atoms with Crippen molar-refractivity contribution in [2.45, 2.75) is 59.0 Å². The molecule has 31 heavy (non-hydrogen) atoms. The lowest BCUT2D eigenvalue weighted by atomic mass is 9.94. The summed E-state index contributed by atoms with van der Waals surface area (Å²) in [5.74, 6) is 1.74. The molecular weight excluding hydrogens is 412 g/mol. The molecule has 0 spiro atoms. The van der Waals surface area contributed by atoms with Crippen LogP contribution in [-0.4, -0.2) is 47.7 Å². The predicted octanol–water partition coefficient (Wildman–Crippen LogP) is 4.33. The maximum atomic E-state index is 12.7. The van der Waals surface area contributed by atoms with Crippen LogP contribution in [0, 0.1) is 12.3 Å². The van der Waals surface area contributed by atoms with Crippen LogP contribution >= 0.6 is 11.3 Å². The maximum Gasteiger partial charge on any atom is 0.227 e. The molecule has 1 atom stereocenters. The van der Waals surface area contributed by atoms with Crippen molar-refractivity contribution in [3.8, 4) is 11.5 Å². The lowest BCUT2D eigenvalue weighted by molar-refractivity contribution is -0.139. The molecule has 0 bridgehead atoms. The molecule has 1 saturated heterocycles. The molecule has 7 heteroatoms. The molecule has 1 aliphatic rings. The minimum Gasteiger partial charge on any atom is -0.497 e. The fourth-order valence-corrected chi connectivity index (χ4v) is 4.99. The molecule has 1 amide bonds. The zero-order valence-corrected chi connectivity index (χ0v) is 20.1. The molecule has 2 heterocycles. The van der Waals surface area contributed by atoms with Gasteiger partial charge in [-0.3, -0.25) is 4.79 Å². The Kier molecular flexibility index (Phi) is 7.27. The number of carbonyl (C=O) groups excluding carboxylic acids is 1. The molecule has 170 valence electrons. The third kappa shape index (κ3) is 5.77. The molecule has 1 fully saturated rings. The highest BCUT2D eigenvalue weighted by Crippen LogP contribution is 2.37. The monoisotopic (exact) mass is 446 g/mol. The molecule has 1 N–H and O–H groups in total. The second-order valence-corrected chi connectivity index (χ2v) is 10.3. The van der Waals surface area contributed by atoms with Crippen molar-refractivity contribution in [2.24, 2.45) is 5.41 Å². The minimum atomic E-state index is -0.975. The zero-order chi connectivity index (χ0) is 22.6. The van der Waals surface area contributed by atoms with Crippen molar-refractivity contribution in [1.29, 1.82) is 0 Å². The van der Waals surface area contributed by atoms with Crippen LogP contribution in [-0.2, 0) is 16.8 Å². The Labute approximate surface area is 189 Å². The van der Waals surface area contributed by atoms with E-state index in [1.54, 1.807) is 18.4 Å². The van der Waals surface area contributed by atoms with E-state index < -0.39 is 11.0 Å². The number of ether oxygens (including phenoxy) is 2. The molecule has 1 aromatic carbocycles. The first-order valence-electron chi connectivity index (χ1n) is 10.9. The number of methoxy groups -OCH3 is 1. The third-order valence-electron chi connectivity index (χ3n) is 5.69. The van der Waals surface area contributed by atoms with Crippen LogP contribution in [0.3, 0.4) is 0 Å². The molecule has 0 saturated carbocycles. The molecule has 1 aliphatic heterocycles. The Hall–Kier alpha value is -2.12. The van der Waals surface area contributed by atoms with Gasteiger partial charge in [-0.05, 0) is 44.0 Å². The second kappa shape index (κ2) is 9.57. The first kappa shape index (κ1) is 23.5. The van der Waals surface area contributed by atoms with E-state index in [1.807, 2.05) is 56.9 Å². The molecule has 6 nitrogen and oxygen atoms in total. The molecule has 3 rings (SSSR count). The van der Waals surface area contributed by atoms with Crippen LogP contribution in [0.25, 0.3) is 0 Å². The van der Waals surface area contributed by atoms with Crippen LogP contribution in [0.4, 0.5) is 0 Å². The lowest BCUT2D eigenvalue weighted by Gasteiger charge is -2.29. The summed E-state index contributed by atoms with van der Waals surface area (Å²) in [6.07, 6.45) is 2.65. The van der Waals surface area contributed by atoms with Gasteiger partial charge in [0.05, 0.1) is 19.4 Å². The van der Waals surface area contributed by atoms with E-state index in [0.717, 1.165) is 39.9 Å². The fraction of sp³-hybridized carbons (Fsp3) is 0.583. The number of benzene rings is 1. The van der Waals surface area contributed by atoms with E-state index in [0.29, 0.717) is 32.5 Å². The Morgan fingerprint density at radius 2 is 1.87 bits per heavy atom. The van der Waals surface area contributed by atoms with Gasteiger partial charge in [-0.2, -0.15) is 0 Å². The van der Waals surface area contributed by atoms with Crippen LogP contribution in [0.15, 0.2) is 24.3 Å². The molecule has 0 radical (unpaired) electrons. The fourth-order valence-electron chi connectivity index (χ4n) is 3.80. The van der Waals surface area contributed by atoms with Gasteiger partial charge in [0, 0.05) is 36.2 Å². The first-order chi connectivity index (χ1) is 14.6. The maximum absolute atomic E-state index is 12.7. The summed E-state index contributed by atoms with van der Waals surface area (Å²) in [7, 11) is 1.64. The summed E-state index contributed by atoms with van der Waals surface area (Å²) < 4.78 is 11.0. The Balaban J connectivity index is 1.61. The SMILES string of the molecule is COc1ccc(OCCc2sc([C@@]3(O)CCCN(C(=O)C(C)(C)C)CC3)nc2C)cc1. The molecule has 2 aromatic rings. The zero-order valence-electron chi connectivity index (χ0n) is 19.2. The van der Waals surface area contributed by atoms with Gasteiger partial charge in [-0.25, -0.2) is 4.98 Å². The Morgan fingerprint density at radius 1 is 1.19 bits per heavy atom. The average Bonchev–Trinajstić information content (AvgIpc) is 2.99. The lowest BCUT2D eigenvalue weighted by Crippen LogP contribution is -2.40. The number of amides is 1. The van der Waals surface area contributed by atoms with Gasteiger partial charge in [0.1, 0.15) is 22.1 Å². The topological polar surface area (TPSA) is 71.9 Å². The minimum absolute atomic E-state index is 0.142. The smallest absolute Gasteiger partial charge is 0.227 e. The summed E-state index contributed by atoms with van der Waals surface area (Å²) in [6.45, 7) is 9.59. The number of carbonyl (C=O) groups is 1. The molecule has 0 aliphatic carbocycles. The van der Waals surface area contributed by atoms with Gasteiger partial charge in [-0.15, -0.1) is 11.3 Å². The number of rotatable bonds is 6. The van der Waals surface area contributed by atoms with Gasteiger partial charge < -0.3 is 19.5 Å². The van der Waals surface area contributed by atoms with Crippen LogP contribution in [0.2, 0.25) is 0 Å². The number of aromatic nitrogens is 1. The summed E-state index contributed by atoms with van der Waals surface area (Å²) >= 11 is 1.57. The summed E-state index contributed by atoms with van der Waals surface area (Å²) in [4.78, 5) is 20.4.